The molecule has 1 N–H and O–H groups in total. The molecule has 18 heavy (non-hydrogen) atoms. The first-order chi connectivity index (χ1) is 8.83. The van der Waals surface area contributed by atoms with Crippen LogP contribution in [-0.4, -0.2) is 27.7 Å². The molecule has 92 valence electrons. The number of carbonyl (C=O) groups is 1. The summed E-state index contributed by atoms with van der Waals surface area (Å²) in [6.45, 7) is 0.946. The number of nitrogens with zero attached hydrogens (tertiary/aromatic N) is 2. The molecule has 0 unspecified atom stereocenters. The molecule has 1 aliphatic heterocycles. The van der Waals surface area contributed by atoms with Crippen LogP contribution in [0.3, 0.4) is 0 Å². The molecule has 1 aromatic carbocycles. The molecule has 1 aliphatic rings. The summed E-state index contributed by atoms with van der Waals surface area (Å²) in [4.78, 5) is 16.2. The molecule has 1 fully saturated rings. The van der Waals surface area contributed by atoms with Crippen LogP contribution in [-0.2, 0) is 11.2 Å². The average molecular weight is 259 g/mol. The molecule has 1 atom stereocenters. The minimum absolute atomic E-state index is 0.0362. The Morgan fingerprint density at radius 1 is 1.39 bits per heavy atom. The van der Waals surface area contributed by atoms with E-state index in [-0.39, 0.29) is 11.8 Å². The Hall–Kier alpha value is -1.59. The van der Waals surface area contributed by atoms with Gasteiger partial charge in [-0.2, -0.15) is 4.37 Å². The molecule has 4 nitrogen and oxygen atoms in total. The molecule has 5 heteroatoms. The Bertz CT molecular complexity index is 548. The van der Waals surface area contributed by atoms with Crippen molar-refractivity contribution in [2.45, 2.75) is 18.9 Å². The molecule has 2 heterocycles. The molecule has 0 radical (unpaired) electrons. The predicted molar refractivity (Wildman–Crippen MR) is 70.5 cm³/mol. The lowest BCUT2D eigenvalue weighted by atomic mass is 10.0. The Balaban J connectivity index is 1.71. The first kappa shape index (κ1) is 11.5. The maximum absolute atomic E-state index is 11.8. The van der Waals surface area contributed by atoms with Gasteiger partial charge >= 0.3 is 0 Å². The molecular weight excluding hydrogens is 246 g/mol. The van der Waals surface area contributed by atoms with Gasteiger partial charge in [-0.05, 0) is 24.5 Å². The lowest BCUT2D eigenvalue weighted by molar-refractivity contribution is -0.121. The van der Waals surface area contributed by atoms with E-state index in [1.165, 1.54) is 11.5 Å². The van der Waals surface area contributed by atoms with Crippen LogP contribution >= 0.6 is 11.5 Å². The fourth-order valence-electron chi connectivity index (χ4n) is 1.87. The summed E-state index contributed by atoms with van der Waals surface area (Å²) in [5.74, 6) is 0.932. The van der Waals surface area contributed by atoms with Gasteiger partial charge in [0.2, 0.25) is 0 Å². The van der Waals surface area contributed by atoms with Crippen LogP contribution in [0.5, 0.6) is 0 Å². The number of benzene rings is 1. The summed E-state index contributed by atoms with van der Waals surface area (Å²) in [6, 6.07) is 9.86. The Kier molecular flexibility index (Phi) is 3.17. The van der Waals surface area contributed by atoms with E-state index in [2.05, 4.69) is 14.7 Å². The van der Waals surface area contributed by atoms with Crippen molar-refractivity contribution in [2.24, 2.45) is 0 Å². The number of Topliss-reactive ketones (excluding diaryl/α,β-unsaturated/α-hetero) is 1. The van der Waals surface area contributed by atoms with Crippen LogP contribution in [0.1, 0.15) is 11.4 Å². The summed E-state index contributed by atoms with van der Waals surface area (Å²) >= 11 is 1.31. The van der Waals surface area contributed by atoms with Gasteiger partial charge in [0.1, 0.15) is 5.01 Å². The minimum atomic E-state index is 0.0362. The van der Waals surface area contributed by atoms with Gasteiger partial charge in [-0.25, -0.2) is 4.98 Å². The number of rotatable bonds is 4. The number of hydrogen-bond acceptors (Lipinski definition) is 5. The van der Waals surface area contributed by atoms with Crippen LogP contribution in [0.25, 0.3) is 11.4 Å². The smallest absolute Gasteiger partial charge is 0.173 e. The van der Waals surface area contributed by atoms with Gasteiger partial charge in [0.25, 0.3) is 0 Å². The van der Waals surface area contributed by atoms with Crippen LogP contribution in [0.2, 0.25) is 0 Å². The second-order valence-corrected chi connectivity index (χ2v) is 5.15. The van der Waals surface area contributed by atoms with Crippen LogP contribution in [0, 0.1) is 0 Å². The van der Waals surface area contributed by atoms with Gasteiger partial charge in [-0.1, -0.05) is 30.3 Å². The average Bonchev–Trinajstić information content (AvgIpc) is 2.76. The first-order valence-corrected chi connectivity index (χ1v) is 6.74. The molecule has 0 bridgehead atoms. The van der Waals surface area contributed by atoms with E-state index in [0.717, 1.165) is 23.5 Å². The summed E-state index contributed by atoms with van der Waals surface area (Å²) in [5, 5.41) is 3.91. The van der Waals surface area contributed by atoms with Gasteiger partial charge in [-0.15, -0.1) is 0 Å². The summed E-state index contributed by atoms with van der Waals surface area (Å²) in [7, 11) is 0. The second-order valence-electron chi connectivity index (χ2n) is 4.32. The summed E-state index contributed by atoms with van der Waals surface area (Å²) < 4.78 is 4.30. The zero-order valence-corrected chi connectivity index (χ0v) is 10.6. The highest BCUT2D eigenvalue weighted by atomic mass is 32.1. The van der Waals surface area contributed by atoms with E-state index in [4.69, 9.17) is 0 Å². The Labute approximate surface area is 109 Å². The highest BCUT2D eigenvalue weighted by molar-refractivity contribution is 7.05. The Morgan fingerprint density at radius 3 is 2.83 bits per heavy atom. The lowest BCUT2D eigenvalue weighted by Crippen LogP contribution is -2.49. The molecular formula is C13H13N3OS. The summed E-state index contributed by atoms with van der Waals surface area (Å²) in [6.07, 6.45) is 1.34. The topological polar surface area (TPSA) is 54.9 Å². The van der Waals surface area contributed by atoms with Crippen molar-refractivity contribution in [1.82, 2.24) is 14.7 Å². The molecule has 1 saturated heterocycles. The van der Waals surface area contributed by atoms with E-state index < -0.39 is 0 Å². The van der Waals surface area contributed by atoms with E-state index in [1.807, 2.05) is 30.3 Å². The highest BCUT2D eigenvalue weighted by Crippen LogP contribution is 2.18. The molecule has 0 spiro atoms. The van der Waals surface area contributed by atoms with Gasteiger partial charge in [0.05, 0.1) is 12.5 Å². The molecule has 0 aliphatic carbocycles. The highest BCUT2D eigenvalue weighted by Gasteiger charge is 2.25. The number of carbonyl (C=O) groups excluding carboxylic acids is 1. The van der Waals surface area contributed by atoms with E-state index >= 15 is 0 Å². The molecule has 1 aromatic heterocycles. The molecule has 0 saturated carbocycles. The van der Waals surface area contributed by atoms with Crippen molar-refractivity contribution < 1.29 is 4.79 Å². The first-order valence-electron chi connectivity index (χ1n) is 5.97. The zero-order chi connectivity index (χ0) is 12.4. The van der Waals surface area contributed by atoms with Crippen LogP contribution in [0.15, 0.2) is 30.3 Å². The van der Waals surface area contributed by atoms with E-state index in [0.29, 0.717) is 12.2 Å². The monoisotopic (exact) mass is 259 g/mol. The maximum Gasteiger partial charge on any atom is 0.173 e. The van der Waals surface area contributed by atoms with Gasteiger partial charge in [0.15, 0.2) is 11.6 Å². The lowest BCUT2D eigenvalue weighted by Gasteiger charge is -2.25. The van der Waals surface area contributed by atoms with Crippen molar-refractivity contribution in [3.05, 3.63) is 35.3 Å². The van der Waals surface area contributed by atoms with Crippen molar-refractivity contribution >= 4 is 17.3 Å². The largest absolute Gasteiger partial charge is 0.307 e. The zero-order valence-electron chi connectivity index (χ0n) is 9.80. The fraction of sp³-hybridized carbons (Fsp3) is 0.308. The van der Waals surface area contributed by atoms with Crippen molar-refractivity contribution in [1.29, 1.82) is 0 Å². The molecule has 2 aromatic rings. The number of nitrogens with one attached hydrogen (secondary N) is 1. The van der Waals surface area contributed by atoms with Crippen molar-refractivity contribution in [3.63, 3.8) is 0 Å². The van der Waals surface area contributed by atoms with Gasteiger partial charge < -0.3 is 5.32 Å². The quantitative estimate of drug-likeness (QED) is 0.907. The standard InChI is InChI=1S/C13H13N3OS/c17-11(10-6-7-14-10)8-12-15-13(16-18-12)9-4-2-1-3-5-9/h1-5,10,14H,6-8H2/t10-/m0/s1. The third kappa shape index (κ3) is 2.32. The predicted octanol–water partition coefficient (Wildman–Crippen LogP) is 1.68. The minimum Gasteiger partial charge on any atom is -0.307 e. The van der Waals surface area contributed by atoms with Crippen molar-refractivity contribution in [2.75, 3.05) is 6.54 Å². The fourth-order valence-corrected chi connectivity index (χ4v) is 2.54. The molecule has 3 rings (SSSR count). The second kappa shape index (κ2) is 4.96. The van der Waals surface area contributed by atoms with E-state index in [1.54, 1.807) is 0 Å². The number of aromatic nitrogens is 2. The number of hydrogen-bond donors (Lipinski definition) is 1. The van der Waals surface area contributed by atoms with Crippen molar-refractivity contribution in [3.8, 4) is 11.4 Å². The summed E-state index contributed by atoms with van der Waals surface area (Å²) in [5.41, 5.74) is 0.995. The normalized spacial score (nSPS) is 18.3. The third-order valence-electron chi connectivity index (χ3n) is 3.04. The van der Waals surface area contributed by atoms with Crippen LogP contribution in [0.4, 0.5) is 0 Å². The number of ketones is 1. The van der Waals surface area contributed by atoms with E-state index in [9.17, 15) is 4.79 Å². The van der Waals surface area contributed by atoms with Gasteiger partial charge in [0, 0.05) is 5.56 Å². The van der Waals surface area contributed by atoms with Gasteiger partial charge in [-0.3, -0.25) is 4.79 Å². The SMILES string of the molecule is O=C(Cc1nc(-c2ccccc2)ns1)[C@@H]1CCN1. The molecule has 0 amide bonds. The maximum atomic E-state index is 11.8. The third-order valence-corrected chi connectivity index (χ3v) is 3.75. The van der Waals surface area contributed by atoms with Crippen LogP contribution < -0.4 is 5.32 Å². The Morgan fingerprint density at radius 2 is 2.17 bits per heavy atom.